The summed E-state index contributed by atoms with van der Waals surface area (Å²) in [6.07, 6.45) is 0. The van der Waals surface area contributed by atoms with E-state index in [0.29, 0.717) is 6.54 Å². The van der Waals surface area contributed by atoms with Gasteiger partial charge in [-0.3, -0.25) is 5.32 Å². The lowest BCUT2D eigenvalue weighted by atomic mass is 10.3. The average Bonchev–Trinajstić information content (AvgIpc) is 2.68. The van der Waals surface area contributed by atoms with E-state index < -0.39 is 0 Å². The lowest BCUT2D eigenvalue weighted by Crippen LogP contribution is -2.21. The van der Waals surface area contributed by atoms with E-state index in [1.54, 1.807) is 0 Å². The third-order valence-electron chi connectivity index (χ3n) is 2.88. The van der Waals surface area contributed by atoms with Gasteiger partial charge in [0.15, 0.2) is 0 Å². The second-order valence-corrected chi connectivity index (χ2v) is 4.05. The highest BCUT2D eigenvalue weighted by molar-refractivity contribution is 5.75. The van der Waals surface area contributed by atoms with Crippen LogP contribution >= 0.6 is 0 Å². The second kappa shape index (κ2) is 5.03. The molecule has 1 N–H and O–H groups in total. The third-order valence-corrected chi connectivity index (χ3v) is 2.88. The van der Waals surface area contributed by atoms with Crippen LogP contribution in [-0.4, -0.2) is 16.1 Å². The second-order valence-electron chi connectivity index (χ2n) is 4.05. The van der Waals surface area contributed by atoms with Gasteiger partial charge in [0, 0.05) is 7.05 Å². The number of aryl methyl sites for hydroxylation is 1. The summed E-state index contributed by atoms with van der Waals surface area (Å²) in [4.78, 5) is 4.64. The van der Waals surface area contributed by atoms with E-state index in [4.69, 9.17) is 0 Å². The quantitative estimate of drug-likeness (QED) is 0.815. The maximum absolute atomic E-state index is 4.64. The van der Waals surface area contributed by atoms with Crippen LogP contribution in [0.2, 0.25) is 0 Å². The zero-order chi connectivity index (χ0) is 12.3. The number of para-hydroxylation sites is 2. The van der Waals surface area contributed by atoms with Crippen LogP contribution < -0.4 is 5.32 Å². The first-order valence-electron chi connectivity index (χ1n) is 5.78. The van der Waals surface area contributed by atoms with Gasteiger partial charge >= 0.3 is 0 Å². The highest BCUT2D eigenvalue weighted by atomic mass is 15.1. The van der Waals surface area contributed by atoms with Crippen molar-refractivity contribution in [2.75, 3.05) is 6.54 Å². The molecule has 0 saturated carbocycles. The van der Waals surface area contributed by atoms with Gasteiger partial charge in [0.05, 0.1) is 23.6 Å². The van der Waals surface area contributed by atoms with Crippen LogP contribution in [0.1, 0.15) is 25.7 Å². The van der Waals surface area contributed by atoms with Crippen LogP contribution in [0.25, 0.3) is 11.0 Å². The highest BCUT2D eigenvalue weighted by Gasteiger charge is 2.12. The number of fused-ring (bicyclic) bond motifs is 1. The molecule has 3 nitrogen and oxygen atoms in total. The first-order chi connectivity index (χ1) is 8.24. The van der Waals surface area contributed by atoms with Crippen LogP contribution in [0.5, 0.6) is 0 Å². The summed E-state index contributed by atoms with van der Waals surface area (Å²) >= 11 is 0. The summed E-state index contributed by atoms with van der Waals surface area (Å²) in [5, 5.41) is 3.34. The van der Waals surface area contributed by atoms with Crippen molar-refractivity contribution in [2.45, 2.75) is 19.9 Å². The SMILES string of the molecule is CC#CCNC(C)c1nc2ccccc2n1C. The molecule has 2 rings (SSSR count). The monoisotopic (exact) mass is 227 g/mol. The summed E-state index contributed by atoms with van der Waals surface area (Å²) in [6, 6.07) is 8.38. The molecule has 0 radical (unpaired) electrons. The fraction of sp³-hybridized carbons (Fsp3) is 0.357. The molecule has 1 aromatic heterocycles. The first kappa shape index (κ1) is 11.7. The lowest BCUT2D eigenvalue weighted by Gasteiger charge is -2.11. The van der Waals surface area contributed by atoms with Crippen molar-refractivity contribution in [3.05, 3.63) is 30.1 Å². The standard InChI is InChI=1S/C14H17N3/c1-4-5-10-15-11(2)14-16-12-8-6-7-9-13(12)17(14)3/h6-9,11,15H,10H2,1-3H3. The Morgan fingerprint density at radius 1 is 1.41 bits per heavy atom. The number of nitrogens with one attached hydrogen (secondary N) is 1. The Morgan fingerprint density at radius 3 is 2.88 bits per heavy atom. The molecule has 88 valence electrons. The summed E-state index contributed by atoms with van der Waals surface area (Å²) < 4.78 is 2.13. The van der Waals surface area contributed by atoms with Crippen molar-refractivity contribution >= 4 is 11.0 Å². The van der Waals surface area contributed by atoms with Crippen molar-refractivity contribution in [1.29, 1.82) is 0 Å². The topological polar surface area (TPSA) is 29.9 Å². The van der Waals surface area contributed by atoms with Gasteiger partial charge in [0.25, 0.3) is 0 Å². The molecule has 0 spiro atoms. The Morgan fingerprint density at radius 2 is 2.18 bits per heavy atom. The molecule has 3 heteroatoms. The average molecular weight is 227 g/mol. The maximum Gasteiger partial charge on any atom is 0.126 e. The molecule has 2 aromatic rings. The number of rotatable bonds is 3. The van der Waals surface area contributed by atoms with E-state index in [2.05, 4.69) is 39.7 Å². The molecule has 17 heavy (non-hydrogen) atoms. The van der Waals surface area contributed by atoms with E-state index in [-0.39, 0.29) is 6.04 Å². The fourth-order valence-corrected chi connectivity index (χ4v) is 1.94. The van der Waals surface area contributed by atoms with Gasteiger partial charge in [-0.25, -0.2) is 4.98 Å². The van der Waals surface area contributed by atoms with Crippen molar-refractivity contribution in [3.8, 4) is 11.8 Å². The van der Waals surface area contributed by atoms with Gasteiger partial charge in [-0.05, 0) is 26.0 Å². The van der Waals surface area contributed by atoms with Gasteiger partial charge < -0.3 is 4.57 Å². The largest absolute Gasteiger partial charge is 0.330 e. The Bertz CT molecular complexity index is 572. The molecule has 1 atom stereocenters. The predicted octanol–water partition coefficient (Wildman–Crippen LogP) is 2.25. The minimum Gasteiger partial charge on any atom is -0.330 e. The number of hydrogen-bond acceptors (Lipinski definition) is 2. The van der Waals surface area contributed by atoms with Crippen molar-refractivity contribution < 1.29 is 0 Å². The molecule has 0 aliphatic heterocycles. The number of imidazole rings is 1. The minimum absolute atomic E-state index is 0.202. The van der Waals surface area contributed by atoms with E-state index in [1.807, 2.05) is 32.2 Å². The number of nitrogens with zero attached hydrogens (tertiary/aromatic N) is 2. The zero-order valence-corrected chi connectivity index (χ0v) is 10.5. The predicted molar refractivity (Wildman–Crippen MR) is 70.6 cm³/mol. The summed E-state index contributed by atoms with van der Waals surface area (Å²) in [5.41, 5.74) is 2.21. The number of hydrogen-bond donors (Lipinski definition) is 1. The van der Waals surface area contributed by atoms with Gasteiger partial charge in [-0.15, -0.1) is 5.92 Å². The van der Waals surface area contributed by atoms with Gasteiger partial charge in [0.1, 0.15) is 5.82 Å². The van der Waals surface area contributed by atoms with Gasteiger partial charge in [-0.1, -0.05) is 18.1 Å². The van der Waals surface area contributed by atoms with E-state index in [9.17, 15) is 0 Å². The first-order valence-corrected chi connectivity index (χ1v) is 5.78. The molecule has 0 aliphatic carbocycles. The van der Waals surface area contributed by atoms with Crippen LogP contribution in [-0.2, 0) is 7.05 Å². The Balaban J connectivity index is 2.27. The van der Waals surface area contributed by atoms with Crippen LogP contribution in [0.4, 0.5) is 0 Å². The maximum atomic E-state index is 4.64. The Hall–Kier alpha value is -1.79. The van der Waals surface area contributed by atoms with E-state index in [1.165, 1.54) is 0 Å². The molecule has 0 saturated heterocycles. The molecule has 0 amide bonds. The highest BCUT2D eigenvalue weighted by Crippen LogP contribution is 2.18. The van der Waals surface area contributed by atoms with E-state index in [0.717, 1.165) is 16.9 Å². The molecule has 0 aliphatic rings. The summed E-state index contributed by atoms with van der Waals surface area (Å²) in [5.74, 6) is 6.93. The molecular formula is C14H17N3. The molecule has 1 aromatic carbocycles. The normalized spacial score (nSPS) is 12.2. The van der Waals surface area contributed by atoms with Gasteiger partial charge in [-0.2, -0.15) is 0 Å². The Labute approximate surface area is 102 Å². The van der Waals surface area contributed by atoms with E-state index >= 15 is 0 Å². The Kier molecular flexibility index (Phi) is 3.46. The smallest absolute Gasteiger partial charge is 0.126 e. The van der Waals surface area contributed by atoms with Crippen LogP contribution in [0.15, 0.2) is 24.3 Å². The molecule has 1 heterocycles. The fourth-order valence-electron chi connectivity index (χ4n) is 1.94. The van der Waals surface area contributed by atoms with Crippen LogP contribution in [0, 0.1) is 11.8 Å². The summed E-state index contributed by atoms with van der Waals surface area (Å²) in [7, 11) is 2.05. The molecule has 1 unspecified atom stereocenters. The molecule has 0 bridgehead atoms. The molecule has 0 fully saturated rings. The number of aromatic nitrogens is 2. The third kappa shape index (κ3) is 2.32. The minimum atomic E-state index is 0.202. The number of benzene rings is 1. The van der Waals surface area contributed by atoms with Crippen molar-refractivity contribution in [2.24, 2.45) is 7.05 Å². The van der Waals surface area contributed by atoms with Crippen LogP contribution in [0.3, 0.4) is 0 Å². The van der Waals surface area contributed by atoms with Crippen molar-refractivity contribution in [1.82, 2.24) is 14.9 Å². The summed E-state index contributed by atoms with van der Waals surface area (Å²) in [6.45, 7) is 4.65. The lowest BCUT2D eigenvalue weighted by molar-refractivity contribution is 0.569. The zero-order valence-electron chi connectivity index (χ0n) is 10.5. The van der Waals surface area contributed by atoms with Crippen molar-refractivity contribution in [3.63, 3.8) is 0 Å². The van der Waals surface area contributed by atoms with Gasteiger partial charge in [0.2, 0.25) is 0 Å². The molecular weight excluding hydrogens is 210 g/mol.